The summed E-state index contributed by atoms with van der Waals surface area (Å²) in [6.45, 7) is 3.74. The number of hydrogen-bond donors (Lipinski definition) is 1. The normalized spacial score (nSPS) is 11.1. The van der Waals surface area contributed by atoms with Crippen molar-refractivity contribution in [3.8, 4) is 22.7 Å². The molecule has 3 rings (SSSR count). The number of aryl methyl sites for hydroxylation is 1. The van der Waals surface area contributed by atoms with E-state index in [-0.39, 0.29) is 0 Å². The van der Waals surface area contributed by atoms with Crippen LogP contribution in [-0.2, 0) is 10.1 Å². The van der Waals surface area contributed by atoms with Crippen LogP contribution in [0.1, 0.15) is 12.0 Å². The van der Waals surface area contributed by atoms with Gasteiger partial charge in [0.2, 0.25) is 5.88 Å². The smallest absolute Gasteiger partial charge is 0.261 e. The summed E-state index contributed by atoms with van der Waals surface area (Å²) in [5.74, 6) is 0.686. The Labute approximate surface area is 178 Å². The topological polar surface area (TPSA) is 84.7 Å². The van der Waals surface area contributed by atoms with Gasteiger partial charge in [0.1, 0.15) is 0 Å². The van der Waals surface area contributed by atoms with Gasteiger partial charge >= 0.3 is 0 Å². The first-order valence-corrected chi connectivity index (χ1v) is 11.4. The summed E-state index contributed by atoms with van der Waals surface area (Å²) in [5, 5.41) is 4.68. The molecule has 7 nitrogen and oxygen atoms in total. The zero-order valence-corrected chi connectivity index (χ0v) is 18.6. The van der Waals surface area contributed by atoms with E-state index in [1.807, 2.05) is 29.1 Å². The van der Waals surface area contributed by atoms with Crippen LogP contribution in [0.5, 0.6) is 5.88 Å². The van der Waals surface area contributed by atoms with Gasteiger partial charge in [0, 0.05) is 12.7 Å². The van der Waals surface area contributed by atoms with Crippen LogP contribution in [0, 0.1) is 6.92 Å². The van der Waals surface area contributed by atoms with E-state index in [1.165, 1.54) is 5.56 Å². The number of rotatable bonds is 7. The first kappa shape index (κ1) is 23.6. The van der Waals surface area contributed by atoms with Crippen molar-refractivity contribution in [2.75, 3.05) is 33.5 Å². The minimum Gasteiger partial charge on any atom is -0.476 e. The second kappa shape index (κ2) is 10.9. The van der Waals surface area contributed by atoms with Gasteiger partial charge in [-0.3, -0.25) is 4.55 Å². The van der Waals surface area contributed by atoms with Crippen molar-refractivity contribution in [2.24, 2.45) is 0 Å². The minimum absolute atomic E-state index is 0.656. The van der Waals surface area contributed by atoms with Gasteiger partial charge < -0.3 is 9.64 Å². The average molecular weight is 432 g/mol. The van der Waals surface area contributed by atoms with Crippen molar-refractivity contribution < 1.29 is 17.7 Å². The molecule has 0 radical (unpaired) electrons. The molecule has 0 atom stereocenters. The van der Waals surface area contributed by atoms with Crippen molar-refractivity contribution in [1.82, 2.24) is 14.7 Å². The van der Waals surface area contributed by atoms with E-state index in [0.717, 1.165) is 29.8 Å². The van der Waals surface area contributed by atoms with E-state index >= 15 is 0 Å². The Balaban J connectivity index is 0.000000575. The zero-order valence-electron chi connectivity index (χ0n) is 17.8. The molecule has 0 saturated carbocycles. The SMILES string of the molecule is CS(=O)(=O)O.Cc1ccc(-n2cc(-c3ccccc3)c(OCCCN(C)C)n2)cc1. The van der Waals surface area contributed by atoms with Gasteiger partial charge in [-0.15, -0.1) is 5.10 Å². The number of nitrogens with zero attached hydrogens (tertiary/aromatic N) is 3. The Morgan fingerprint density at radius 2 is 1.67 bits per heavy atom. The number of ether oxygens (including phenoxy) is 1. The second-order valence-electron chi connectivity index (χ2n) is 7.23. The van der Waals surface area contributed by atoms with Crippen LogP contribution in [0.25, 0.3) is 16.8 Å². The molecule has 162 valence electrons. The Kier molecular flexibility index (Phi) is 8.58. The van der Waals surface area contributed by atoms with Crippen molar-refractivity contribution in [2.45, 2.75) is 13.3 Å². The number of benzene rings is 2. The monoisotopic (exact) mass is 431 g/mol. The van der Waals surface area contributed by atoms with Crippen LogP contribution in [-0.4, -0.2) is 61.2 Å². The lowest BCUT2D eigenvalue weighted by Crippen LogP contribution is -2.15. The molecule has 0 saturated heterocycles. The van der Waals surface area contributed by atoms with Gasteiger partial charge in [-0.05, 0) is 45.1 Å². The maximum absolute atomic E-state index is 9.19. The molecule has 0 bridgehead atoms. The second-order valence-corrected chi connectivity index (χ2v) is 8.70. The summed E-state index contributed by atoms with van der Waals surface area (Å²) in [4.78, 5) is 2.16. The lowest BCUT2D eigenvalue weighted by atomic mass is 10.1. The molecule has 0 fully saturated rings. The van der Waals surface area contributed by atoms with Crippen LogP contribution in [0.3, 0.4) is 0 Å². The molecule has 1 N–H and O–H groups in total. The molecule has 0 aliphatic rings. The predicted octanol–water partition coefficient (Wildman–Crippen LogP) is 3.68. The summed E-state index contributed by atoms with van der Waals surface area (Å²) in [6, 6.07) is 18.6. The summed E-state index contributed by atoms with van der Waals surface area (Å²) in [5.41, 5.74) is 4.40. The molecule has 0 amide bonds. The van der Waals surface area contributed by atoms with E-state index < -0.39 is 10.1 Å². The van der Waals surface area contributed by atoms with Crippen LogP contribution >= 0.6 is 0 Å². The zero-order chi connectivity index (χ0) is 22.1. The molecule has 0 aliphatic carbocycles. The van der Waals surface area contributed by atoms with Gasteiger partial charge in [-0.2, -0.15) is 8.42 Å². The summed E-state index contributed by atoms with van der Waals surface area (Å²) in [6.07, 6.45) is 3.73. The van der Waals surface area contributed by atoms with E-state index in [2.05, 4.69) is 67.4 Å². The van der Waals surface area contributed by atoms with Crippen LogP contribution in [0.4, 0.5) is 0 Å². The molecule has 0 unspecified atom stereocenters. The first-order chi connectivity index (χ1) is 14.1. The number of hydrogen-bond acceptors (Lipinski definition) is 5. The molecule has 3 aromatic rings. The third-order valence-electron chi connectivity index (χ3n) is 4.05. The van der Waals surface area contributed by atoms with Gasteiger partial charge in [-0.25, -0.2) is 4.68 Å². The molecule has 0 aliphatic heterocycles. The maximum atomic E-state index is 9.19. The molecular weight excluding hydrogens is 402 g/mol. The first-order valence-electron chi connectivity index (χ1n) is 9.55. The third-order valence-corrected chi connectivity index (χ3v) is 4.05. The average Bonchev–Trinajstić information content (AvgIpc) is 3.09. The largest absolute Gasteiger partial charge is 0.476 e. The fraction of sp³-hybridized carbons (Fsp3) is 0.318. The molecule has 1 aromatic heterocycles. The highest BCUT2D eigenvalue weighted by Crippen LogP contribution is 2.30. The molecule has 0 spiro atoms. The van der Waals surface area contributed by atoms with Gasteiger partial charge in [0.25, 0.3) is 10.1 Å². The van der Waals surface area contributed by atoms with Crippen LogP contribution in [0.15, 0.2) is 60.8 Å². The Hall–Kier alpha value is -2.68. The van der Waals surface area contributed by atoms with Crippen molar-refractivity contribution in [3.05, 3.63) is 66.4 Å². The minimum atomic E-state index is -3.67. The Morgan fingerprint density at radius 3 is 2.23 bits per heavy atom. The van der Waals surface area contributed by atoms with Crippen LogP contribution < -0.4 is 4.74 Å². The van der Waals surface area contributed by atoms with E-state index in [0.29, 0.717) is 18.7 Å². The molecule has 1 heterocycles. The van der Waals surface area contributed by atoms with Gasteiger partial charge in [-0.1, -0.05) is 48.0 Å². The van der Waals surface area contributed by atoms with E-state index in [4.69, 9.17) is 9.29 Å². The quantitative estimate of drug-likeness (QED) is 0.454. The molecule has 30 heavy (non-hydrogen) atoms. The van der Waals surface area contributed by atoms with Crippen molar-refractivity contribution >= 4 is 10.1 Å². The van der Waals surface area contributed by atoms with E-state index in [9.17, 15) is 8.42 Å². The van der Waals surface area contributed by atoms with Crippen molar-refractivity contribution in [3.63, 3.8) is 0 Å². The highest BCUT2D eigenvalue weighted by Gasteiger charge is 2.13. The molecule has 2 aromatic carbocycles. The maximum Gasteiger partial charge on any atom is 0.261 e. The highest BCUT2D eigenvalue weighted by atomic mass is 32.2. The molecule has 8 heteroatoms. The summed E-state index contributed by atoms with van der Waals surface area (Å²) >= 11 is 0. The van der Waals surface area contributed by atoms with Gasteiger partial charge in [0.15, 0.2) is 0 Å². The highest BCUT2D eigenvalue weighted by molar-refractivity contribution is 7.85. The van der Waals surface area contributed by atoms with Gasteiger partial charge in [0.05, 0.1) is 24.1 Å². The predicted molar refractivity (Wildman–Crippen MR) is 120 cm³/mol. The Morgan fingerprint density at radius 1 is 1.07 bits per heavy atom. The lowest BCUT2D eigenvalue weighted by molar-refractivity contribution is 0.273. The Bertz CT molecular complexity index is 1010. The third kappa shape index (κ3) is 8.36. The standard InChI is InChI=1S/C21H25N3O.CH4O3S/c1-17-10-12-19(13-11-17)24-16-20(18-8-5-4-6-9-18)21(22-24)25-15-7-14-23(2)3;1-5(2,3)4/h4-6,8-13,16H,7,14-15H2,1-3H3;1H3,(H,2,3,4). The van der Waals surface area contributed by atoms with E-state index in [1.54, 1.807) is 0 Å². The fourth-order valence-corrected chi connectivity index (χ4v) is 2.66. The fourth-order valence-electron chi connectivity index (χ4n) is 2.66. The van der Waals surface area contributed by atoms with Crippen molar-refractivity contribution in [1.29, 1.82) is 0 Å². The number of aromatic nitrogens is 2. The van der Waals surface area contributed by atoms with Crippen LogP contribution in [0.2, 0.25) is 0 Å². The summed E-state index contributed by atoms with van der Waals surface area (Å²) in [7, 11) is 0.475. The summed E-state index contributed by atoms with van der Waals surface area (Å²) < 4.78 is 33.8. The molecular formula is C22H29N3O4S. The lowest BCUT2D eigenvalue weighted by Gasteiger charge is -2.10.